The third kappa shape index (κ3) is 5.76. The maximum absolute atomic E-state index is 15.4. The standard InChI is InChI=1S/C27H16F7N5O2S/c28-16-6-3-14(27(32,33)34)10-17(16)36-26(41)35-15-4-1-13(2-5-15)19-21(29)22(30)20-24(23(19)31)38-39-25(20)37-18(40)9-12-7-8-42-11-12/h1-8,10-11H,9H2,(H2,35,36,41)(H2,37,38,39,40). The number of hydrogen-bond acceptors (Lipinski definition) is 4. The molecule has 216 valence electrons. The Kier molecular flexibility index (Phi) is 7.60. The summed E-state index contributed by atoms with van der Waals surface area (Å²) in [6.07, 6.45) is -4.82. The van der Waals surface area contributed by atoms with Gasteiger partial charge in [0.05, 0.1) is 28.6 Å². The van der Waals surface area contributed by atoms with Crippen LogP contribution in [0.1, 0.15) is 11.1 Å². The van der Waals surface area contributed by atoms with Crippen LogP contribution in [0.5, 0.6) is 0 Å². The smallest absolute Gasteiger partial charge is 0.308 e. The Bertz CT molecular complexity index is 1800. The summed E-state index contributed by atoms with van der Waals surface area (Å²) in [4.78, 5) is 24.5. The van der Waals surface area contributed by atoms with Crippen molar-refractivity contribution in [2.24, 2.45) is 0 Å². The zero-order valence-electron chi connectivity index (χ0n) is 20.8. The lowest BCUT2D eigenvalue weighted by Crippen LogP contribution is -2.20. The van der Waals surface area contributed by atoms with Crippen molar-refractivity contribution < 1.29 is 40.3 Å². The monoisotopic (exact) mass is 607 g/mol. The van der Waals surface area contributed by atoms with E-state index in [1.54, 1.807) is 16.8 Å². The number of benzene rings is 3. The first kappa shape index (κ1) is 28.6. The SMILES string of the molecule is O=C(Cc1ccsc1)Nc1n[nH]c2c(F)c(-c3ccc(NC(=O)Nc4cc(C(F)(F)F)ccc4F)cc3)c(F)c(F)c12. The molecule has 15 heteroatoms. The van der Waals surface area contributed by atoms with Gasteiger partial charge in [-0.15, -0.1) is 0 Å². The molecule has 0 aliphatic carbocycles. The summed E-state index contributed by atoms with van der Waals surface area (Å²) in [6.45, 7) is 0. The molecular weight excluding hydrogens is 591 g/mol. The molecule has 3 amide bonds. The predicted octanol–water partition coefficient (Wildman–Crippen LogP) is 7.69. The average Bonchev–Trinajstić information content (AvgIpc) is 3.59. The van der Waals surface area contributed by atoms with Gasteiger partial charge in [0, 0.05) is 5.69 Å². The molecule has 0 bridgehead atoms. The van der Waals surface area contributed by atoms with Gasteiger partial charge in [-0.2, -0.15) is 29.6 Å². The summed E-state index contributed by atoms with van der Waals surface area (Å²) in [7, 11) is 0. The zero-order valence-corrected chi connectivity index (χ0v) is 21.6. The topological polar surface area (TPSA) is 98.9 Å². The van der Waals surface area contributed by atoms with Crippen molar-refractivity contribution in [3.63, 3.8) is 0 Å². The summed E-state index contributed by atoms with van der Waals surface area (Å²) in [6, 6.07) is 6.75. The highest BCUT2D eigenvalue weighted by molar-refractivity contribution is 7.08. The van der Waals surface area contributed by atoms with Gasteiger partial charge in [-0.05, 0) is 58.3 Å². The van der Waals surface area contributed by atoms with E-state index in [0.717, 1.165) is 12.1 Å². The van der Waals surface area contributed by atoms with Crippen LogP contribution in [0.15, 0.2) is 59.3 Å². The second-order valence-electron chi connectivity index (χ2n) is 8.84. The number of alkyl halides is 3. The van der Waals surface area contributed by atoms with Crippen LogP contribution in [0.4, 0.5) is 52.7 Å². The van der Waals surface area contributed by atoms with Crippen LogP contribution in [0.2, 0.25) is 0 Å². The Morgan fingerprint density at radius 1 is 0.881 bits per heavy atom. The molecule has 0 unspecified atom stereocenters. The minimum absolute atomic E-state index is 0.0168. The molecule has 3 aromatic carbocycles. The Hall–Kier alpha value is -4.92. The molecule has 2 heterocycles. The Morgan fingerprint density at radius 3 is 2.29 bits per heavy atom. The fraction of sp³-hybridized carbons (Fsp3) is 0.0741. The number of anilines is 3. The molecule has 5 aromatic rings. The minimum Gasteiger partial charge on any atom is -0.308 e. The van der Waals surface area contributed by atoms with Gasteiger partial charge in [-0.25, -0.2) is 22.4 Å². The van der Waals surface area contributed by atoms with Gasteiger partial charge in [-0.1, -0.05) is 12.1 Å². The number of carbonyl (C=O) groups excluding carboxylic acids is 2. The molecule has 5 rings (SSSR count). The number of nitrogens with one attached hydrogen (secondary N) is 4. The first-order chi connectivity index (χ1) is 19.9. The summed E-state index contributed by atoms with van der Waals surface area (Å²) in [5.74, 6) is -6.31. The Balaban J connectivity index is 1.34. The molecule has 0 fully saturated rings. The van der Waals surface area contributed by atoms with E-state index in [4.69, 9.17) is 0 Å². The van der Waals surface area contributed by atoms with Crippen molar-refractivity contribution >= 4 is 51.4 Å². The lowest BCUT2D eigenvalue weighted by molar-refractivity contribution is -0.137. The van der Waals surface area contributed by atoms with Gasteiger partial charge in [0.1, 0.15) is 11.3 Å². The summed E-state index contributed by atoms with van der Waals surface area (Å²) < 4.78 is 98.2. The van der Waals surface area contributed by atoms with Crippen LogP contribution in [-0.2, 0) is 17.4 Å². The first-order valence-corrected chi connectivity index (χ1v) is 12.8. The number of aromatic nitrogens is 2. The fourth-order valence-corrected chi connectivity index (χ4v) is 4.73. The van der Waals surface area contributed by atoms with Crippen LogP contribution in [0.25, 0.3) is 22.0 Å². The van der Waals surface area contributed by atoms with E-state index in [9.17, 15) is 27.2 Å². The number of aromatic amines is 1. The van der Waals surface area contributed by atoms with E-state index < -0.39 is 74.9 Å². The molecule has 4 N–H and O–H groups in total. The number of carbonyl (C=O) groups is 2. The summed E-state index contributed by atoms with van der Waals surface area (Å²) in [5.41, 5.74) is -2.60. The highest BCUT2D eigenvalue weighted by Gasteiger charge is 2.31. The number of fused-ring (bicyclic) bond motifs is 1. The molecule has 42 heavy (non-hydrogen) atoms. The molecule has 0 aliphatic rings. The fourth-order valence-electron chi connectivity index (χ4n) is 4.06. The lowest BCUT2D eigenvalue weighted by atomic mass is 10.0. The van der Waals surface area contributed by atoms with Crippen molar-refractivity contribution in [1.29, 1.82) is 0 Å². The molecule has 0 spiro atoms. The number of amides is 3. The summed E-state index contributed by atoms with van der Waals surface area (Å²) >= 11 is 1.37. The van der Waals surface area contributed by atoms with Gasteiger partial charge in [-0.3, -0.25) is 9.89 Å². The van der Waals surface area contributed by atoms with E-state index in [-0.39, 0.29) is 17.7 Å². The normalized spacial score (nSPS) is 11.5. The number of thiophene rings is 1. The van der Waals surface area contributed by atoms with Gasteiger partial charge in [0.15, 0.2) is 23.3 Å². The van der Waals surface area contributed by atoms with Gasteiger partial charge < -0.3 is 16.0 Å². The van der Waals surface area contributed by atoms with Crippen LogP contribution in [0.3, 0.4) is 0 Å². The van der Waals surface area contributed by atoms with Crippen molar-refractivity contribution in [1.82, 2.24) is 10.2 Å². The molecule has 7 nitrogen and oxygen atoms in total. The van der Waals surface area contributed by atoms with E-state index in [1.165, 1.54) is 23.5 Å². The predicted molar refractivity (Wildman–Crippen MR) is 142 cm³/mol. The highest BCUT2D eigenvalue weighted by Crippen LogP contribution is 2.37. The van der Waals surface area contributed by atoms with Crippen LogP contribution >= 0.6 is 11.3 Å². The molecule has 0 atom stereocenters. The third-order valence-corrected chi connectivity index (χ3v) is 6.74. The van der Waals surface area contributed by atoms with Gasteiger partial charge in [0.2, 0.25) is 5.91 Å². The van der Waals surface area contributed by atoms with Crippen molar-refractivity contribution in [2.45, 2.75) is 12.6 Å². The number of urea groups is 1. The largest absolute Gasteiger partial charge is 0.416 e. The zero-order chi connectivity index (χ0) is 30.2. The van der Waals surface area contributed by atoms with Gasteiger partial charge >= 0.3 is 12.2 Å². The molecule has 0 saturated carbocycles. The van der Waals surface area contributed by atoms with Crippen LogP contribution in [0, 0.1) is 23.3 Å². The molecule has 0 aliphatic heterocycles. The quantitative estimate of drug-likeness (QED) is 0.118. The molecule has 0 radical (unpaired) electrons. The number of rotatable bonds is 6. The minimum atomic E-state index is -4.76. The highest BCUT2D eigenvalue weighted by atomic mass is 32.1. The maximum Gasteiger partial charge on any atom is 0.416 e. The number of hydrogen-bond donors (Lipinski definition) is 4. The Labute approximate surface area is 235 Å². The van der Waals surface area contributed by atoms with E-state index in [1.807, 2.05) is 5.32 Å². The second kappa shape index (κ2) is 11.2. The first-order valence-electron chi connectivity index (χ1n) is 11.8. The second-order valence-corrected chi connectivity index (χ2v) is 9.62. The Morgan fingerprint density at radius 2 is 1.62 bits per heavy atom. The third-order valence-electron chi connectivity index (χ3n) is 6.01. The van der Waals surface area contributed by atoms with Crippen molar-refractivity contribution in [2.75, 3.05) is 16.0 Å². The van der Waals surface area contributed by atoms with E-state index in [2.05, 4.69) is 20.8 Å². The van der Waals surface area contributed by atoms with Crippen LogP contribution < -0.4 is 16.0 Å². The van der Waals surface area contributed by atoms with Crippen molar-refractivity contribution in [3.05, 3.63) is 93.7 Å². The van der Waals surface area contributed by atoms with Crippen molar-refractivity contribution in [3.8, 4) is 11.1 Å². The number of halogens is 7. The van der Waals surface area contributed by atoms with E-state index >= 15 is 13.2 Å². The molecule has 0 saturated heterocycles. The number of nitrogens with zero attached hydrogens (tertiary/aromatic N) is 1. The molecular formula is C27H16F7N5O2S. The number of H-pyrrole nitrogens is 1. The van der Waals surface area contributed by atoms with E-state index in [0.29, 0.717) is 23.8 Å². The maximum atomic E-state index is 15.4. The molecule has 2 aromatic heterocycles. The summed E-state index contributed by atoms with van der Waals surface area (Å²) in [5, 5.41) is 15.4. The van der Waals surface area contributed by atoms with Gasteiger partial charge in [0.25, 0.3) is 0 Å². The lowest BCUT2D eigenvalue weighted by Gasteiger charge is -2.12. The average molecular weight is 608 g/mol. The van der Waals surface area contributed by atoms with Crippen LogP contribution in [-0.4, -0.2) is 22.1 Å².